The fraction of sp³-hybridized carbons (Fsp3) is 0.292. The first-order valence-corrected chi connectivity index (χ1v) is 10.7. The highest BCUT2D eigenvalue weighted by Crippen LogP contribution is 2.25. The number of imidazole rings is 1. The number of benzene rings is 2. The summed E-state index contributed by atoms with van der Waals surface area (Å²) in [4.78, 5) is 23.8. The molecule has 0 saturated carbocycles. The van der Waals surface area contributed by atoms with Gasteiger partial charge in [-0.15, -0.1) is 0 Å². The SMILES string of the molecule is Cc1nc(N)c2[nH]c(=O)n(Cc3cccc(Oc4cccc(CCC5COC5)c4)c3)c2n1. The van der Waals surface area contributed by atoms with E-state index in [1.807, 2.05) is 36.4 Å². The van der Waals surface area contributed by atoms with Crippen LogP contribution >= 0.6 is 0 Å². The average Bonchev–Trinajstić information content (AvgIpc) is 3.03. The van der Waals surface area contributed by atoms with E-state index in [1.54, 1.807) is 11.5 Å². The minimum Gasteiger partial charge on any atom is -0.457 e. The van der Waals surface area contributed by atoms with Gasteiger partial charge in [0.05, 0.1) is 19.8 Å². The quantitative estimate of drug-likeness (QED) is 0.464. The van der Waals surface area contributed by atoms with E-state index in [4.69, 9.17) is 15.2 Å². The van der Waals surface area contributed by atoms with Gasteiger partial charge in [0.1, 0.15) is 22.8 Å². The number of nitrogen functional groups attached to an aromatic ring is 1. The number of nitrogens with zero attached hydrogens (tertiary/aromatic N) is 3. The van der Waals surface area contributed by atoms with Gasteiger partial charge < -0.3 is 20.2 Å². The second-order valence-electron chi connectivity index (χ2n) is 8.21. The maximum absolute atomic E-state index is 12.5. The Morgan fingerprint density at radius 1 is 1.12 bits per heavy atom. The van der Waals surface area contributed by atoms with Crippen LogP contribution in [0.2, 0.25) is 0 Å². The van der Waals surface area contributed by atoms with Gasteiger partial charge >= 0.3 is 5.69 Å². The van der Waals surface area contributed by atoms with E-state index in [9.17, 15) is 4.79 Å². The van der Waals surface area contributed by atoms with Gasteiger partial charge in [-0.25, -0.2) is 14.8 Å². The minimum absolute atomic E-state index is 0.269. The van der Waals surface area contributed by atoms with Crippen LogP contribution in [0.25, 0.3) is 11.2 Å². The van der Waals surface area contributed by atoms with Crippen molar-refractivity contribution in [2.75, 3.05) is 18.9 Å². The lowest BCUT2D eigenvalue weighted by Crippen LogP contribution is -2.27. The summed E-state index contributed by atoms with van der Waals surface area (Å²) < 4.78 is 12.9. The van der Waals surface area contributed by atoms with E-state index in [-0.39, 0.29) is 11.5 Å². The standard InChI is InChI=1S/C24H25N5O3/c1-15-26-22(25)21-23(27-15)29(24(30)28-21)12-17-5-3-7-20(11-17)32-19-6-2-4-16(10-19)8-9-18-13-31-14-18/h2-7,10-11,18H,8-9,12-14H2,1H3,(H,28,30)(H2,25,26,27). The van der Waals surface area contributed by atoms with Crippen LogP contribution in [0, 0.1) is 12.8 Å². The number of aromatic nitrogens is 4. The third kappa shape index (κ3) is 4.22. The van der Waals surface area contributed by atoms with Gasteiger partial charge in [-0.2, -0.15) is 0 Å². The molecule has 1 fully saturated rings. The summed E-state index contributed by atoms with van der Waals surface area (Å²) in [7, 11) is 0. The molecular formula is C24H25N5O3. The molecule has 2 aromatic carbocycles. The summed E-state index contributed by atoms with van der Waals surface area (Å²) in [6.07, 6.45) is 2.14. The lowest BCUT2D eigenvalue weighted by atomic mass is 9.98. The molecule has 1 saturated heterocycles. The topological polar surface area (TPSA) is 108 Å². The van der Waals surface area contributed by atoms with Crippen LogP contribution in [0.4, 0.5) is 5.82 Å². The summed E-state index contributed by atoms with van der Waals surface area (Å²) >= 11 is 0. The number of fused-ring (bicyclic) bond motifs is 1. The molecule has 3 N–H and O–H groups in total. The van der Waals surface area contributed by atoms with E-state index in [0.29, 0.717) is 35.2 Å². The van der Waals surface area contributed by atoms with Crippen molar-refractivity contribution in [1.82, 2.24) is 19.5 Å². The zero-order chi connectivity index (χ0) is 22.1. The van der Waals surface area contributed by atoms with Crippen LogP contribution in [0.3, 0.4) is 0 Å². The van der Waals surface area contributed by atoms with Gasteiger partial charge in [0, 0.05) is 5.92 Å². The molecule has 0 unspecified atom stereocenters. The summed E-state index contributed by atoms with van der Waals surface area (Å²) in [5, 5.41) is 0. The van der Waals surface area contributed by atoms with E-state index >= 15 is 0 Å². The maximum Gasteiger partial charge on any atom is 0.328 e. The zero-order valence-corrected chi connectivity index (χ0v) is 17.9. The summed E-state index contributed by atoms with van der Waals surface area (Å²) in [6.45, 7) is 3.84. The van der Waals surface area contributed by atoms with Crippen molar-refractivity contribution in [2.24, 2.45) is 5.92 Å². The fourth-order valence-electron chi connectivity index (χ4n) is 3.92. The van der Waals surface area contributed by atoms with Crippen LogP contribution in [-0.4, -0.2) is 32.7 Å². The molecule has 0 bridgehead atoms. The Morgan fingerprint density at radius 3 is 2.56 bits per heavy atom. The predicted molar refractivity (Wildman–Crippen MR) is 122 cm³/mol. The van der Waals surface area contributed by atoms with Gasteiger partial charge in [0.25, 0.3) is 0 Å². The Morgan fingerprint density at radius 2 is 1.84 bits per heavy atom. The van der Waals surface area contributed by atoms with E-state index in [2.05, 4.69) is 27.1 Å². The first-order chi connectivity index (χ1) is 15.5. The van der Waals surface area contributed by atoms with Gasteiger partial charge in [-0.1, -0.05) is 24.3 Å². The molecule has 1 aliphatic rings. The minimum atomic E-state index is -0.275. The smallest absolute Gasteiger partial charge is 0.328 e. The molecule has 0 spiro atoms. The van der Waals surface area contributed by atoms with Crippen molar-refractivity contribution in [3.63, 3.8) is 0 Å². The van der Waals surface area contributed by atoms with Crippen LogP contribution in [-0.2, 0) is 17.7 Å². The Balaban J connectivity index is 1.34. The molecule has 32 heavy (non-hydrogen) atoms. The first kappa shape index (κ1) is 20.3. The number of hydrogen-bond acceptors (Lipinski definition) is 6. The van der Waals surface area contributed by atoms with Gasteiger partial charge in [-0.05, 0) is 55.2 Å². The van der Waals surface area contributed by atoms with Crippen molar-refractivity contribution in [3.05, 3.63) is 76.0 Å². The van der Waals surface area contributed by atoms with E-state index in [0.717, 1.165) is 37.4 Å². The van der Waals surface area contributed by atoms with Crippen LogP contribution in [0.5, 0.6) is 11.5 Å². The molecule has 1 aliphatic heterocycles. The number of ether oxygens (including phenoxy) is 2. The highest BCUT2D eigenvalue weighted by Gasteiger charge is 2.18. The number of aryl methyl sites for hydroxylation is 2. The molecule has 0 aliphatic carbocycles. The molecule has 8 nitrogen and oxygen atoms in total. The summed E-state index contributed by atoms with van der Waals surface area (Å²) in [6, 6.07) is 15.9. The highest BCUT2D eigenvalue weighted by atomic mass is 16.5. The summed E-state index contributed by atoms with van der Waals surface area (Å²) in [5.41, 5.74) is 8.79. The third-order valence-corrected chi connectivity index (χ3v) is 5.68. The van der Waals surface area contributed by atoms with Crippen LogP contribution in [0.1, 0.15) is 23.4 Å². The van der Waals surface area contributed by atoms with Crippen molar-refractivity contribution < 1.29 is 9.47 Å². The average molecular weight is 431 g/mol. The predicted octanol–water partition coefficient (Wildman–Crippen LogP) is 3.43. The number of anilines is 1. The maximum atomic E-state index is 12.5. The number of rotatable bonds is 7. The zero-order valence-electron chi connectivity index (χ0n) is 17.9. The summed E-state index contributed by atoms with van der Waals surface area (Å²) in [5.74, 6) is 2.97. The second kappa shape index (κ2) is 8.47. The number of nitrogens with two attached hydrogens (primary N) is 1. The Labute approximate surface area is 185 Å². The molecular weight excluding hydrogens is 406 g/mol. The number of H-pyrrole nitrogens is 1. The number of aromatic amines is 1. The van der Waals surface area contributed by atoms with Crippen molar-refractivity contribution in [1.29, 1.82) is 0 Å². The molecule has 4 aromatic rings. The number of hydrogen-bond donors (Lipinski definition) is 2. The Hall–Kier alpha value is -3.65. The second-order valence-corrected chi connectivity index (χ2v) is 8.21. The van der Waals surface area contributed by atoms with Gasteiger partial charge in [0.2, 0.25) is 0 Å². The highest BCUT2D eigenvalue weighted by molar-refractivity contribution is 5.81. The fourth-order valence-corrected chi connectivity index (χ4v) is 3.92. The van der Waals surface area contributed by atoms with Crippen molar-refractivity contribution in [3.8, 4) is 11.5 Å². The van der Waals surface area contributed by atoms with E-state index in [1.165, 1.54) is 5.56 Å². The Kier molecular flexibility index (Phi) is 5.36. The molecule has 5 rings (SSSR count). The van der Waals surface area contributed by atoms with Crippen molar-refractivity contribution in [2.45, 2.75) is 26.3 Å². The lowest BCUT2D eigenvalue weighted by Gasteiger charge is -2.25. The molecule has 0 radical (unpaired) electrons. The molecule has 164 valence electrons. The molecule has 0 atom stereocenters. The van der Waals surface area contributed by atoms with Crippen LogP contribution in [0.15, 0.2) is 53.3 Å². The lowest BCUT2D eigenvalue weighted by molar-refractivity contribution is -0.0352. The van der Waals surface area contributed by atoms with Gasteiger partial charge in [-0.3, -0.25) is 4.57 Å². The molecule has 2 aromatic heterocycles. The third-order valence-electron chi connectivity index (χ3n) is 5.68. The van der Waals surface area contributed by atoms with E-state index < -0.39 is 0 Å². The normalized spacial score (nSPS) is 13.9. The number of nitrogens with one attached hydrogen (secondary N) is 1. The molecule has 8 heteroatoms. The Bertz CT molecular complexity index is 1320. The monoisotopic (exact) mass is 431 g/mol. The molecule has 3 heterocycles. The van der Waals surface area contributed by atoms with Crippen LogP contribution < -0.4 is 16.2 Å². The first-order valence-electron chi connectivity index (χ1n) is 10.7. The molecule has 0 amide bonds. The van der Waals surface area contributed by atoms with Gasteiger partial charge in [0.15, 0.2) is 11.5 Å². The van der Waals surface area contributed by atoms with Crippen molar-refractivity contribution >= 4 is 17.0 Å². The largest absolute Gasteiger partial charge is 0.457 e.